The van der Waals surface area contributed by atoms with Gasteiger partial charge in [-0.05, 0) is 12.8 Å². The van der Waals surface area contributed by atoms with E-state index >= 15 is 0 Å². The second-order valence-corrected chi connectivity index (χ2v) is 11.2. The molecule has 10 heteroatoms. The SMILES string of the molecule is CCCCCCCCCCCCC(=O)NCCOP(=O)(O)OCC(O)COC(=O)CCCCCCCC. The van der Waals surface area contributed by atoms with Gasteiger partial charge in [-0.25, -0.2) is 4.57 Å². The third-order valence-corrected chi connectivity index (χ3v) is 7.02. The predicted molar refractivity (Wildman–Crippen MR) is 146 cm³/mol. The van der Waals surface area contributed by atoms with Crippen LogP contribution >= 0.6 is 7.82 Å². The fraction of sp³-hybridized carbons (Fsp3) is 0.926. The molecule has 3 N–H and O–H groups in total. The first kappa shape index (κ1) is 36.0. The maximum absolute atomic E-state index is 11.9. The van der Waals surface area contributed by atoms with Crippen molar-refractivity contribution in [3.05, 3.63) is 0 Å². The van der Waals surface area contributed by atoms with Crippen LogP contribution in [0.3, 0.4) is 0 Å². The van der Waals surface area contributed by atoms with Crippen molar-refractivity contribution in [1.82, 2.24) is 5.32 Å². The molecule has 0 fully saturated rings. The molecule has 0 aromatic carbocycles. The minimum absolute atomic E-state index is 0.0864. The highest BCUT2D eigenvalue weighted by atomic mass is 31.2. The van der Waals surface area contributed by atoms with Gasteiger partial charge in [-0.2, -0.15) is 0 Å². The normalized spacial score (nSPS) is 13.7. The summed E-state index contributed by atoms with van der Waals surface area (Å²) in [5.41, 5.74) is 0. The Labute approximate surface area is 225 Å². The van der Waals surface area contributed by atoms with E-state index in [1.165, 1.54) is 57.8 Å². The highest BCUT2D eigenvalue weighted by Crippen LogP contribution is 2.42. The Morgan fingerprint density at radius 1 is 0.730 bits per heavy atom. The molecule has 0 radical (unpaired) electrons. The minimum atomic E-state index is -4.38. The number of hydrogen-bond donors (Lipinski definition) is 3. The number of nitrogens with one attached hydrogen (secondary N) is 1. The van der Waals surface area contributed by atoms with E-state index in [4.69, 9.17) is 13.8 Å². The maximum Gasteiger partial charge on any atom is 0.472 e. The number of phosphoric acid groups is 1. The molecule has 9 nitrogen and oxygen atoms in total. The number of aliphatic hydroxyl groups is 1. The summed E-state index contributed by atoms with van der Waals surface area (Å²) in [5.74, 6) is -0.526. The van der Waals surface area contributed by atoms with Gasteiger partial charge in [0.15, 0.2) is 0 Å². The van der Waals surface area contributed by atoms with Crippen LogP contribution in [0.5, 0.6) is 0 Å². The summed E-state index contributed by atoms with van der Waals surface area (Å²) in [6, 6.07) is 0. The van der Waals surface area contributed by atoms with Crippen molar-refractivity contribution in [2.24, 2.45) is 0 Å². The van der Waals surface area contributed by atoms with Crippen molar-refractivity contribution in [2.75, 3.05) is 26.4 Å². The van der Waals surface area contributed by atoms with Crippen molar-refractivity contribution in [3.63, 3.8) is 0 Å². The number of esters is 1. The predicted octanol–water partition coefficient (Wildman–Crippen LogP) is 6.20. The van der Waals surface area contributed by atoms with E-state index in [-0.39, 0.29) is 32.1 Å². The van der Waals surface area contributed by atoms with Crippen LogP contribution in [-0.4, -0.2) is 54.3 Å². The van der Waals surface area contributed by atoms with Gasteiger partial charge >= 0.3 is 13.8 Å². The van der Waals surface area contributed by atoms with Gasteiger partial charge in [0, 0.05) is 19.4 Å². The first-order valence-electron chi connectivity index (χ1n) is 14.5. The number of amides is 1. The zero-order valence-electron chi connectivity index (χ0n) is 23.4. The molecule has 2 unspecified atom stereocenters. The van der Waals surface area contributed by atoms with Gasteiger partial charge < -0.3 is 20.1 Å². The van der Waals surface area contributed by atoms with Gasteiger partial charge in [0.25, 0.3) is 0 Å². The number of aliphatic hydroxyl groups excluding tert-OH is 1. The van der Waals surface area contributed by atoms with E-state index in [9.17, 15) is 24.2 Å². The number of carbonyl (C=O) groups excluding carboxylic acids is 2. The van der Waals surface area contributed by atoms with Crippen molar-refractivity contribution in [1.29, 1.82) is 0 Å². The van der Waals surface area contributed by atoms with Crippen LogP contribution in [0.1, 0.15) is 129 Å². The first-order chi connectivity index (χ1) is 17.8. The van der Waals surface area contributed by atoms with Gasteiger partial charge in [-0.1, -0.05) is 104 Å². The van der Waals surface area contributed by atoms with Gasteiger partial charge in [-0.3, -0.25) is 18.6 Å². The van der Waals surface area contributed by atoms with Crippen LogP contribution in [0.4, 0.5) is 0 Å². The highest BCUT2D eigenvalue weighted by Gasteiger charge is 2.23. The molecule has 0 aliphatic carbocycles. The van der Waals surface area contributed by atoms with Crippen molar-refractivity contribution in [3.8, 4) is 0 Å². The molecule has 0 saturated carbocycles. The lowest BCUT2D eigenvalue weighted by atomic mass is 10.1. The number of rotatable bonds is 27. The number of phosphoric ester groups is 1. The molecule has 37 heavy (non-hydrogen) atoms. The fourth-order valence-corrected chi connectivity index (χ4v) is 4.55. The Kier molecular flexibility index (Phi) is 24.6. The molecule has 2 atom stereocenters. The lowest BCUT2D eigenvalue weighted by Crippen LogP contribution is -2.27. The van der Waals surface area contributed by atoms with Crippen molar-refractivity contribution >= 4 is 19.7 Å². The summed E-state index contributed by atoms with van der Waals surface area (Å²) < 4.78 is 26.4. The summed E-state index contributed by atoms with van der Waals surface area (Å²) in [6.45, 7) is 3.43. The standard InChI is InChI=1S/C27H54NO8P/c1-3-5-7-9-11-12-13-14-15-17-19-26(30)28-21-22-35-37(32,33)36-24-25(29)23-34-27(31)20-18-16-10-8-6-4-2/h25,29H,3-24H2,1-2H3,(H,28,30)(H,32,33). The number of carbonyl (C=O) groups is 2. The topological polar surface area (TPSA) is 131 Å². The van der Waals surface area contributed by atoms with Crippen molar-refractivity contribution < 1.29 is 37.9 Å². The van der Waals surface area contributed by atoms with Crippen molar-refractivity contribution in [2.45, 2.75) is 136 Å². The van der Waals surface area contributed by atoms with Gasteiger partial charge in [0.1, 0.15) is 12.7 Å². The van der Waals surface area contributed by atoms with Gasteiger partial charge in [0.05, 0.1) is 13.2 Å². The molecule has 0 spiro atoms. The summed E-state index contributed by atoms with van der Waals surface area (Å²) in [7, 11) is -4.38. The van der Waals surface area contributed by atoms with Crippen LogP contribution in [0.2, 0.25) is 0 Å². The molecule has 0 aromatic rings. The Bertz CT molecular complexity index is 605. The second-order valence-electron chi connectivity index (χ2n) is 9.73. The molecule has 0 aromatic heterocycles. The van der Waals surface area contributed by atoms with E-state index in [0.717, 1.165) is 44.9 Å². The Morgan fingerprint density at radius 3 is 1.76 bits per heavy atom. The van der Waals surface area contributed by atoms with Crippen LogP contribution < -0.4 is 5.32 Å². The fourth-order valence-electron chi connectivity index (χ4n) is 3.79. The number of unbranched alkanes of at least 4 members (excludes halogenated alkanes) is 14. The highest BCUT2D eigenvalue weighted by molar-refractivity contribution is 7.47. The smallest absolute Gasteiger partial charge is 0.463 e. The average molecular weight is 552 g/mol. The van der Waals surface area contributed by atoms with Crippen LogP contribution in [0.15, 0.2) is 0 Å². The third kappa shape index (κ3) is 26.4. The molecule has 220 valence electrons. The summed E-state index contributed by atoms with van der Waals surface area (Å²) in [4.78, 5) is 33.3. The molecule has 0 rings (SSSR count). The molecule has 0 aliphatic heterocycles. The Balaban J connectivity index is 3.67. The molecule has 0 saturated heterocycles. The molecular weight excluding hydrogens is 497 g/mol. The van der Waals surface area contributed by atoms with Crippen LogP contribution in [0, 0.1) is 0 Å². The zero-order chi connectivity index (χ0) is 27.6. The van der Waals surface area contributed by atoms with E-state index < -0.39 is 26.5 Å². The molecule has 0 bridgehead atoms. The lowest BCUT2D eigenvalue weighted by Gasteiger charge is -2.15. The number of ether oxygens (including phenoxy) is 1. The van der Waals surface area contributed by atoms with Crippen LogP contribution in [0.25, 0.3) is 0 Å². The van der Waals surface area contributed by atoms with E-state index in [1.807, 2.05) is 0 Å². The monoisotopic (exact) mass is 551 g/mol. The second kappa shape index (κ2) is 25.3. The van der Waals surface area contributed by atoms with Gasteiger partial charge in [0.2, 0.25) is 5.91 Å². The quantitative estimate of drug-likeness (QED) is 0.0624. The lowest BCUT2D eigenvalue weighted by molar-refractivity contribution is -0.147. The van der Waals surface area contributed by atoms with Gasteiger partial charge in [-0.15, -0.1) is 0 Å². The zero-order valence-corrected chi connectivity index (χ0v) is 24.3. The molecule has 0 aliphatic rings. The van der Waals surface area contributed by atoms with E-state index in [2.05, 4.69) is 19.2 Å². The Morgan fingerprint density at radius 2 is 1.22 bits per heavy atom. The first-order valence-corrected chi connectivity index (χ1v) is 16.0. The maximum atomic E-state index is 11.9. The third-order valence-electron chi connectivity index (χ3n) is 6.04. The molecule has 0 heterocycles. The van der Waals surface area contributed by atoms with E-state index in [1.54, 1.807) is 0 Å². The Hall–Kier alpha value is -0.990. The average Bonchev–Trinajstić information content (AvgIpc) is 2.87. The summed E-state index contributed by atoms with van der Waals surface area (Å²) in [6.07, 6.45) is 17.8. The largest absolute Gasteiger partial charge is 0.472 e. The molecular formula is C27H54NO8P. The number of hydrogen-bond acceptors (Lipinski definition) is 7. The molecule has 1 amide bonds. The summed E-state index contributed by atoms with van der Waals surface area (Å²) >= 11 is 0. The summed E-state index contributed by atoms with van der Waals surface area (Å²) in [5, 5.41) is 12.5. The van der Waals surface area contributed by atoms with E-state index in [0.29, 0.717) is 6.42 Å². The van der Waals surface area contributed by atoms with Crippen LogP contribution in [-0.2, 0) is 27.9 Å². The minimum Gasteiger partial charge on any atom is -0.463 e.